The second-order valence-corrected chi connectivity index (χ2v) is 7.75. The van der Waals surface area contributed by atoms with E-state index in [1.165, 1.54) is 5.56 Å². The van der Waals surface area contributed by atoms with Crippen LogP contribution in [0.1, 0.15) is 18.4 Å². The van der Waals surface area contributed by atoms with Gasteiger partial charge >= 0.3 is 0 Å². The Morgan fingerprint density at radius 1 is 1.08 bits per heavy atom. The van der Waals surface area contributed by atoms with Gasteiger partial charge in [0.05, 0.1) is 12.6 Å². The van der Waals surface area contributed by atoms with Crippen molar-refractivity contribution in [3.63, 3.8) is 0 Å². The lowest BCUT2D eigenvalue weighted by Crippen LogP contribution is -2.10. The number of hydrogen-bond donors (Lipinski definition) is 0. The number of halogens is 1. The van der Waals surface area contributed by atoms with Gasteiger partial charge in [0.1, 0.15) is 0 Å². The summed E-state index contributed by atoms with van der Waals surface area (Å²) < 4.78 is 7.92. The highest BCUT2D eigenvalue weighted by Crippen LogP contribution is 2.28. The third kappa shape index (κ3) is 4.11. The second-order valence-electron chi connectivity index (χ2n) is 6.33. The lowest BCUT2D eigenvalue weighted by Gasteiger charge is -2.12. The first-order valence-corrected chi connectivity index (χ1v) is 10.1. The first kappa shape index (κ1) is 17.6. The number of benzene rings is 2. The Hall–Kier alpha value is -1.82. The van der Waals surface area contributed by atoms with Gasteiger partial charge in [0.2, 0.25) is 0 Å². The van der Waals surface area contributed by atoms with Gasteiger partial charge in [0, 0.05) is 22.9 Å². The standard InChI is InChI=1S/C20H20ClN3OS/c21-17-10-8-16(9-11-17)19-22-23-20(26-14-18-7-4-12-25-18)24(19)13-15-5-2-1-3-6-15/h1-3,5-6,8-11,18H,4,7,12-14H2/t18-/m0/s1. The zero-order chi connectivity index (χ0) is 17.8. The topological polar surface area (TPSA) is 39.9 Å². The molecule has 0 N–H and O–H groups in total. The first-order chi connectivity index (χ1) is 12.8. The average molecular weight is 386 g/mol. The number of hydrogen-bond acceptors (Lipinski definition) is 4. The fourth-order valence-electron chi connectivity index (χ4n) is 3.06. The number of nitrogens with zero attached hydrogens (tertiary/aromatic N) is 3. The maximum absolute atomic E-state index is 6.04. The Morgan fingerprint density at radius 2 is 1.88 bits per heavy atom. The maximum Gasteiger partial charge on any atom is 0.191 e. The summed E-state index contributed by atoms with van der Waals surface area (Å²) in [5, 5.41) is 10.6. The van der Waals surface area contributed by atoms with Gasteiger partial charge in [-0.1, -0.05) is 53.7 Å². The minimum atomic E-state index is 0.320. The summed E-state index contributed by atoms with van der Waals surface area (Å²) in [7, 11) is 0. The summed E-state index contributed by atoms with van der Waals surface area (Å²) in [4.78, 5) is 0. The van der Waals surface area contributed by atoms with Gasteiger partial charge in [-0.25, -0.2) is 0 Å². The summed E-state index contributed by atoms with van der Waals surface area (Å²) in [5.74, 6) is 1.77. The van der Waals surface area contributed by atoms with Crippen LogP contribution in [0.2, 0.25) is 5.02 Å². The summed E-state index contributed by atoms with van der Waals surface area (Å²) in [6.07, 6.45) is 2.60. The number of aromatic nitrogens is 3. The van der Waals surface area contributed by atoms with E-state index in [1.54, 1.807) is 11.8 Å². The molecule has 1 aliphatic rings. The minimum Gasteiger partial charge on any atom is -0.377 e. The van der Waals surface area contributed by atoms with E-state index in [1.807, 2.05) is 30.3 Å². The first-order valence-electron chi connectivity index (χ1n) is 8.77. The molecule has 26 heavy (non-hydrogen) atoms. The molecule has 3 aromatic rings. The lowest BCUT2D eigenvalue weighted by atomic mass is 10.2. The van der Waals surface area contributed by atoms with Gasteiger partial charge in [0.15, 0.2) is 11.0 Å². The zero-order valence-electron chi connectivity index (χ0n) is 14.3. The van der Waals surface area contributed by atoms with Crippen molar-refractivity contribution < 1.29 is 4.74 Å². The summed E-state index contributed by atoms with van der Waals surface area (Å²) in [6, 6.07) is 18.1. The van der Waals surface area contributed by atoms with Crippen molar-refractivity contribution in [2.45, 2.75) is 30.6 Å². The Bertz CT molecular complexity index is 845. The maximum atomic E-state index is 6.04. The van der Waals surface area contributed by atoms with Crippen LogP contribution in [0.3, 0.4) is 0 Å². The molecule has 2 aromatic carbocycles. The molecule has 1 fully saturated rings. The molecule has 0 amide bonds. The van der Waals surface area contributed by atoms with E-state index in [9.17, 15) is 0 Å². The van der Waals surface area contributed by atoms with E-state index in [0.29, 0.717) is 6.10 Å². The molecule has 0 radical (unpaired) electrons. The normalized spacial score (nSPS) is 16.9. The van der Waals surface area contributed by atoms with Crippen molar-refractivity contribution in [2.75, 3.05) is 12.4 Å². The van der Waals surface area contributed by atoms with Crippen molar-refractivity contribution in [1.82, 2.24) is 14.8 Å². The molecule has 6 heteroatoms. The predicted octanol–water partition coefficient (Wildman–Crippen LogP) is 4.92. The molecule has 4 rings (SSSR count). The van der Waals surface area contributed by atoms with Crippen LogP contribution in [0, 0.1) is 0 Å². The van der Waals surface area contributed by atoms with Crippen LogP contribution in [0.4, 0.5) is 0 Å². The second kappa shape index (κ2) is 8.25. The average Bonchev–Trinajstić information content (AvgIpc) is 3.32. The lowest BCUT2D eigenvalue weighted by molar-refractivity contribution is 0.129. The van der Waals surface area contributed by atoms with Gasteiger partial charge in [-0.2, -0.15) is 0 Å². The molecule has 0 spiro atoms. The number of ether oxygens (including phenoxy) is 1. The fourth-order valence-corrected chi connectivity index (χ4v) is 4.19. The molecule has 0 unspecified atom stereocenters. The van der Waals surface area contributed by atoms with Crippen molar-refractivity contribution in [1.29, 1.82) is 0 Å². The molecule has 1 saturated heterocycles. The van der Waals surface area contributed by atoms with Crippen LogP contribution >= 0.6 is 23.4 Å². The van der Waals surface area contributed by atoms with Crippen molar-refractivity contribution in [2.24, 2.45) is 0 Å². The Labute approximate surface area is 162 Å². The van der Waals surface area contributed by atoms with E-state index in [0.717, 1.165) is 53.3 Å². The van der Waals surface area contributed by atoms with Gasteiger partial charge in [0.25, 0.3) is 0 Å². The molecule has 0 saturated carbocycles. The molecule has 0 bridgehead atoms. The van der Waals surface area contributed by atoms with Gasteiger partial charge in [-0.3, -0.25) is 4.57 Å². The number of rotatable bonds is 6. The van der Waals surface area contributed by atoms with Crippen molar-refractivity contribution in [3.8, 4) is 11.4 Å². The van der Waals surface area contributed by atoms with E-state index in [2.05, 4.69) is 39.0 Å². The Balaban J connectivity index is 1.63. The van der Waals surface area contributed by atoms with Crippen molar-refractivity contribution in [3.05, 3.63) is 65.2 Å². The third-order valence-electron chi connectivity index (χ3n) is 4.43. The highest BCUT2D eigenvalue weighted by molar-refractivity contribution is 7.99. The number of thioether (sulfide) groups is 1. The highest BCUT2D eigenvalue weighted by atomic mass is 35.5. The molecule has 1 atom stereocenters. The molecule has 4 nitrogen and oxygen atoms in total. The predicted molar refractivity (Wildman–Crippen MR) is 106 cm³/mol. The van der Waals surface area contributed by atoms with Crippen LogP contribution in [0.15, 0.2) is 59.8 Å². The molecular weight excluding hydrogens is 366 g/mol. The summed E-state index contributed by atoms with van der Waals surface area (Å²) >= 11 is 7.76. The molecule has 1 aromatic heterocycles. The van der Waals surface area contributed by atoms with Crippen LogP contribution in [-0.4, -0.2) is 33.2 Å². The Morgan fingerprint density at radius 3 is 2.62 bits per heavy atom. The third-order valence-corrected chi connectivity index (χ3v) is 5.78. The van der Waals surface area contributed by atoms with Crippen molar-refractivity contribution >= 4 is 23.4 Å². The van der Waals surface area contributed by atoms with Crippen LogP contribution in [0.25, 0.3) is 11.4 Å². The van der Waals surface area contributed by atoms with Gasteiger partial charge in [-0.15, -0.1) is 10.2 Å². The SMILES string of the molecule is Clc1ccc(-c2nnc(SC[C@@H]3CCCO3)n2Cc2ccccc2)cc1. The van der Waals surface area contributed by atoms with Crippen LogP contribution in [0.5, 0.6) is 0 Å². The zero-order valence-corrected chi connectivity index (χ0v) is 15.9. The molecular formula is C20H20ClN3OS. The molecule has 0 aliphatic carbocycles. The molecule has 1 aliphatic heterocycles. The fraction of sp³-hybridized carbons (Fsp3) is 0.300. The van der Waals surface area contributed by atoms with E-state index < -0.39 is 0 Å². The van der Waals surface area contributed by atoms with Crippen LogP contribution < -0.4 is 0 Å². The minimum absolute atomic E-state index is 0.320. The van der Waals surface area contributed by atoms with Crippen LogP contribution in [-0.2, 0) is 11.3 Å². The molecule has 2 heterocycles. The van der Waals surface area contributed by atoms with Gasteiger partial charge in [-0.05, 0) is 42.7 Å². The van der Waals surface area contributed by atoms with E-state index in [4.69, 9.17) is 16.3 Å². The molecule has 134 valence electrons. The summed E-state index contributed by atoms with van der Waals surface area (Å²) in [6.45, 7) is 1.61. The van der Waals surface area contributed by atoms with E-state index in [-0.39, 0.29) is 0 Å². The highest BCUT2D eigenvalue weighted by Gasteiger charge is 2.19. The monoisotopic (exact) mass is 385 g/mol. The summed E-state index contributed by atoms with van der Waals surface area (Å²) in [5.41, 5.74) is 2.24. The largest absolute Gasteiger partial charge is 0.377 e. The smallest absolute Gasteiger partial charge is 0.191 e. The Kier molecular flexibility index (Phi) is 5.58. The van der Waals surface area contributed by atoms with E-state index >= 15 is 0 Å². The van der Waals surface area contributed by atoms with Gasteiger partial charge < -0.3 is 4.74 Å². The quantitative estimate of drug-likeness (QED) is 0.565.